The number of anilines is 1. The van der Waals surface area contributed by atoms with Crippen molar-refractivity contribution in [1.29, 1.82) is 0 Å². The van der Waals surface area contributed by atoms with Gasteiger partial charge in [-0.25, -0.2) is 0 Å². The summed E-state index contributed by atoms with van der Waals surface area (Å²) in [4.78, 5) is 50.6. The molecule has 0 spiro atoms. The molecule has 0 bridgehead atoms. The molecule has 8 nitrogen and oxygen atoms in total. The first kappa shape index (κ1) is 21.3. The van der Waals surface area contributed by atoms with Crippen LogP contribution in [-0.4, -0.2) is 57.6 Å². The van der Waals surface area contributed by atoms with E-state index in [1.165, 1.54) is 11.8 Å². The first-order valence-corrected chi connectivity index (χ1v) is 11.0. The van der Waals surface area contributed by atoms with Crippen LogP contribution in [0.15, 0.2) is 29.2 Å². The van der Waals surface area contributed by atoms with E-state index < -0.39 is 36.3 Å². The second-order valence-corrected chi connectivity index (χ2v) is 8.77. The van der Waals surface area contributed by atoms with Gasteiger partial charge in [0.05, 0.1) is 40.7 Å². The van der Waals surface area contributed by atoms with Crippen LogP contribution in [0.5, 0.6) is 0 Å². The van der Waals surface area contributed by atoms with Gasteiger partial charge < -0.3 is 24.7 Å². The number of nitrogens with zero attached hydrogens (tertiary/aromatic N) is 2. The van der Waals surface area contributed by atoms with E-state index in [2.05, 4.69) is 0 Å². The highest BCUT2D eigenvalue weighted by Gasteiger charge is 2.44. The van der Waals surface area contributed by atoms with Gasteiger partial charge in [0.25, 0.3) is 11.8 Å². The van der Waals surface area contributed by atoms with E-state index in [1.807, 2.05) is 0 Å². The molecule has 1 saturated heterocycles. The number of para-hydroxylation sites is 1. The molecule has 1 atom stereocenters. The van der Waals surface area contributed by atoms with Gasteiger partial charge in [-0.05, 0) is 24.5 Å². The maximum atomic E-state index is 13.1. The Morgan fingerprint density at radius 3 is 2.52 bits per heavy atom. The Hall–Kier alpha value is -2.37. The van der Waals surface area contributed by atoms with E-state index in [4.69, 9.17) is 12.2 Å². The number of aliphatic carboxylic acids is 2. The molecule has 2 heterocycles. The molecule has 2 aliphatic rings. The second kappa shape index (κ2) is 8.56. The van der Waals surface area contributed by atoms with Crippen LogP contribution >= 0.6 is 35.7 Å². The predicted molar refractivity (Wildman–Crippen MR) is 110 cm³/mol. The Morgan fingerprint density at radius 2 is 1.90 bits per heavy atom. The summed E-state index contributed by atoms with van der Waals surface area (Å²) in [5.74, 6) is -3.79. The smallest absolute Gasteiger partial charge is 0.267 e. The van der Waals surface area contributed by atoms with Gasteiger partial charge in [0, 0.05) is 5.56 Å². The lowest BCUT2D eigenvalue weighted by Crippen LogP contribution is -2.50. The summed E-state index contributed by atoms with van der Waals surface area (Å²) >= 11 is 7.46. The number of carbonyl (C=O) groups excluding carboxylic acids is 4. The van der Waals surface area contributed by atoms with Crippen molar-refractivity contribution in [3.63, 3.8) is 0 Å². The zero-order chi connectivity index (χ0) is 21.3. The zero-order valence-corrected chi connectivity index (χ0v) is 17.5. The summed E-state index contributed by atoms with van der Waals surface area (Å²) < 4.78 is 0.0106. The SMILES string of the molecule is CSCC[C@@H](C(=O)[O-])N1C(=O)/C(=C2/C(=O)N(CC(=O)[O-])c3ccccc32)SC1=S. The first-order chi connectivity index (χ1) is 13.8. The molecule has 11 heteroatoms. The minimum absolute atomic E-state index is 0.00339. The van der Waals surface area contributed by atoms with E-state index in [9.17, 15) is 29.4 Å². The number of thiocarbonyl (C=S) groups is 1. The lowest BCUT2D eigenvalue weighted by molar-refractivity contribution is -0.310. The van der Waals surface area contributed by atoms with Crippen LogP contribution in [0.4, 0.5) is 5.69 Å². The maximum absolute atomic E-state index is 13.1. The average molecular weight is 451 g/mol. The lowest BCUT2D eigenvalue weighted by Gasteiger charge is -2.27. The summed E-state index contributed by atoms with van der Waals surface area (Å²) in [6.45, 7) is -0.672. The van der Waals surface area contributed by atoms with Crippen LogP contribution in [-0.2, 0) is 19.2 Å². The number of carboxylic acids is 2. The van der Waals surface area contributed by atoms with Gasteiger partial charge in [0.15, 0.2) is 0 Å². The van der Waals surface area contributed by atoms with Crippen LogP contribution in [0.3, 0.4) is 0 Å². The number of hydrogen-bond acceptors (Lipinski definition) is 9. The molecule has 2 aliphatic heterocycles. The molecule has 1 aromatic carbocycles. The summed E-state index contributed by atoms with van der Waals surface area (Å²) in [6, 6.07) is 5.19. The molecule has 0 aliphatic carbocycles. The Morgan fingerprint density at radius 1 is 1.21 bits per heavy atom. The van der Waals surface area contributed by atoms with Crippen molar-refractivity contribution >= 4 is 75.1 Å². The van der Waals surface area contributed by atoms with Gasteiger partial charge in [-0.3, -0.25) is 14.5 Å². The molecule has 0 N–H and O–H groups in total. The fourth-order valence-corrected chi connectivity index (χ4v) is 5.05. The van der Waals surface area contributed by atoms with E-state index in [1.54, 1.807) is 30.5 Å². The third-order valence-electron chi connectivity index (χ3n) is 4.42. The molecule has 2 amide bonds. The molecule has 0 radical (unpaired) electrons. The number of amides is 2. The fraction of sp³-hybridized carbons (Fsp3) is 0.278. The van der Waals surface area contributed by atoms with Crippen LogP contribution in [0, 0.1) is 0 Å². The van der Waals surface area contributed by atoms with Crippen LogP contribution < -0.4 is 15.1 Å². The van der Waals surface area contributed by atoms with Crippen LogP contribution in [0.1, 0.15) is 12.0 Å². The molecule has 3 rings (SSSR count). The number of rotatable bonds is 7. The number of benzene rings is 1. The number of carboxylic acid groups (broad SMARTS) is 2. The number of carbonyl (C=O) groups is 4. The minimum atomic E-state index is -1.45. The summed E-state index contributed by atoms with van der Waals surface area (Å²) in [6.07, 6.45) is 1.94. The van der Waals surface area contributed by atoms with Gasteiger partial charge in [-0.15, -0.1) is 0 Å². The highest BCUT2D eigenvalue weighted by atomic mass is 32.2. The van der Waals surface area contributed by atoms with Crippen LogP contribution in [0.25, 0.3) is 5.57 Å². The average Bonchev–Trinajstić information content (AvgIpc) is 3.09. The third-order valence-corrected chi connectivity index (χ3v) is 6.46. The molecule has 1 fully saturated rings. The lowest BCUT2D eigenvalue weighted by atomic mass is 10.1. The summed E-state index contributed by atoms with van der Waals surface area (Å²) in [7, 11) is 0. The monoisotopic (exact) mass is 450 g/mol. The van der Waals surface area contributed by atoms with Crippen molar-refractivity contribution in [2.75, 3.05) is 23.5 Å². The predicted octanol–water partition coefficient (Wildman–Crippen LogP) is -0.774. The molecule has 0 unspecified atom stereocenters. The highest BCUT2D eigenvalue weighted by Crippen LogP contribution is 2.45. The molecule has 0 saturated carbocycles. The molecule has 29 heavy (non-hydrogen) atoms. The number of fused-ring (bicyclic) bond motifs is 1. The van der Waals surface area contributed by atoms with Gasteiger partial charge >= 0.3 is 0 Å². The van der Waals surface area contributed by atoms with E-state index in [0.29, 0.717) is 17.0 Å². The third kappa shape index (κ3) is 3.89. The van der Waals surface area contributed by atoms with Crippen molar-refractivity contribution in [2.45, 2.75) is 12.5 Å². The Labute approximate surface area is 179 Å². The zero-order valence-electron chi connectivity index (χ0n) is 15.1. The van der Waals surface area contributed by atoms with Crippen molar-refractivity contribution < 1.29 is 29.4 Å². The Kier molecular flexibility index (Phi) is 6.30. The van der Waals surface area contributed by atoms with Gasteiger partial charge in [-0.1, -0.05) is 42.2 Å². The largest absolute Gasteiger partial charge is 0.548 e. The van der Waals surface area contributed by atoms with E-state index >= 15 is 0 Å². The summed E-state index contributed by atoms with van der Waals surface area (Å²) in [5.41, 5.74) is 0.720. The van der Waals surface area contributed by atoms with Crippen molar-refractivity contribution in [3.8, 4) is 0 Å². The standard InChI is InChI=1S/C18H16N2O6S3/c1-28-7-6-11(17(25)26)20-16(24)14(29-18(20)27)13-9-4-2-3-5-10(9)19(15(13)23)8-12(21)22/h2-5,11H,6-8H2,1H3,(H,21,22)(H,25,26)/p-2/b14-13-/t11-/m0/s1. The maximum Gasteiger partial charge on any atom is 0.267 e. The van der Waals surface area contributed by atoms with Crippen LogP contribution in [0.2, 0.25) is 0 Å². The molecular weight excluding hydrogens is 436 g/mol. The molecule has 152 valence electrons. The van der Waals surface area contributed by atoms with Gasteiger partial charge in [0.2, 0.25) is 0 Å². The first-order valence-electron chi connectivity index (χ1n) is 8.38. The Bertz CT molecular complexity index is 961. The van der Waals surface area contributed by atoms with Crippen molar-refractivity contribution in [1.82, 2.24) is 4.90 Å². The summed E-state index contributed by atoms with van der Waals surface area (Å²) in [5, 5.41) is 22.7. The minimum Gasteiger partial charge on any atom is -0.548 e. The van der Waals surface area contributed by atoms with Crippen molar-refractivity contribution in [3.05, 3.63) is 34.7 Å². The topological polar surface area (TPSA) is 121 Å². The van der Waals surface area contributed by atoms with Crippen molar-refractivity contribution in [2.24, 2.45) is 0 Å². The number of hydrogen-bond donors (Lipinski definition) is 0. The fourth-order valence-electron chi connectivity index (χ4n) is 3.17. The molecule has 0 aromatic heterocycles. The quantitative estimate of drug-likeness (QED) is 0.389. The highest BCUT2D eigenvalue weighted by molar-refractivity contribution is 8.26. The second-order valence-electron chi connectivity index (χ2n) is 6.14. The number of thioether (sulfide) groups is 2. The Balaban J connectivity index is 2.06. The van der Waals surface area contributed by atoms with Gasteiger partial charge in [-0.2, -0.15) is 11.8 Å². The van der Waals surface area contributed by atoms with E-state index in [-0.39, 0.29) is 21.2 Å². The normalized spacial score (nSPS) is 19.7. The van der Waals surface area contributed by atoms with Gasteiger partial charge in [0.1, 0.15) is 4.32 Å². The van der Waals surface area contributed by atoms with E-state index in [0.717, 1.165) is 21.6 Å². The molecular formula is C18H14N2O6S3-2. The molecule has 1 aromatic rings.